The molecule has 0 amide bonds. The smallest absolute Gasteiger partial charge is 0.435 e. The molecule has 0 fully saturated rings. The number of ether oxygens (including phenoxy) is 2. The van der Waals surface area contributed by atoms with Gasteiger partial charge in [-0.1, -0.05) is 25.2 Å². The molecule has 0 aliphatic rings. The lowest BCUT2D eigenvalue weighted by atomic mass is 10.3. The zero-order valence-electron chi connectivity index (χ0n) is 9.03. The minimum absolute atomic E-state index is 0.254. The number of hydrogen-bond donors (Lipinski definition) is 0. The summed E-state index contributed by atoms with van der Waals surface area (Å²) >= 11 is 0. The predicted molar refractivity (Wildman–Crippen MR) is 56.1 cm³/mol. The van der Waals surface area contributed by atoms with Crippen molar-refractivity contribution in [3.63, 3.8) is 0 Å². The summed E-state index contributed by atoms with van der Waals surface area (Å²) in [6, 6.07) is 0. The summed E-state index contributed by atoms with van der Waals surface area (Å²) in [5.74, 6) is 0. The van der Waals surface area contributed by atoms with Gasteiger partial charge in [-0.2, -0.15) is 0 Å². The second-order valence-corrected chi connectivity index (χ2v) is 2.73. The SMILES string of the molecule is CC/C=C/C=C/[C@H](C)OC(=O)OCC. The fraction of sp³-hybridized carbons (Fsp3) is 0.545. The molecule has 0 heterocycles. The topological polar surface area (TPSA) is 35.5 Å². The Balaban J connectivity index is 3.73. The highest BCUT2D eigenvalue weighted by Crippen LogP contribution is 1.96. The van der Waals surface area contributed by atoms with Crippen LogP contribution in [0.5, 0.6) is 0 Å². The normalized spacial score (nSPS) is 13.4. The molecular weight excluding hydrogens is 180 g/mol. The van der Waals surface area contributed by atoms with E-state index in [4.69, 9.17) is 4.74 Å². The van der Waals surface area contributed by atoms with Crippen LogP contribution in [0.2, 0.25) is 0 Å². The third kappa shape index (κ3) is 7.40. The zero-order chi connectivity index (χ0) is 10.8. The molecule has 80 valence electrons. The monoisotopic (exact) mass is 198 g/mol. The van der Waals surface area contributed by atoms with E-state index >= 15 is 0 Å². The Morgan fingerprint density at radius 2 is 2.07 bits per heavy atom. The highest BCUT2D eigenvalue weighted by Gasteiger charge is 2.05. The van der Waals surface area contributed by atoms with Crippen LogP contribution in [-0.4, -0.2) is 18.9 Å². The summed E-state index contributed by atoms with van der Waals surface area (Å²) in [5.41, 5.74) is 0. The highest BCUT2D eigenvalue weighted by atomic mass is 16.7. The van der Waals surface area contributed by atoms with Gasteiger partial charge in [0.15, 0.2) is 0 Å². The summed E-state index contributed by atoms with van der Waals surface area (Å²) in [4.78, 5) is 10.8. The number of carbonyl (C=O) groups excluding carboxylic acids is 1. The molecule has 0 saturated carbocycles. The van der Waals surface area contributed by atoms with Gasteiger partial charge >= 0.3 is 6.16 Å². The molecule has 0 aliphatic carbocycles. The number of hydrogen-bond acceptors (Lipinski definition) is 3. The Kier molecular flexibility index (Phi) is 7.61. The maximum Gasteiger partial charge on any atom is 0.508 e. The van der Waals surface area contributed by atoms with Crippen molar-refractivity contribution in [1.29, 1.82) is 0 Å². The van der Waals surface area contributed by atoms with E-state index in [1.165, 1.54) is 0 Å². The Morgan fingerprint density at radius 3 is 2.64 bits per heavy atom. The van der Waals surface area contributed by atoms with E-state index in [1.54, 1.807) is 19.9 Å². The third-order valence-electron chi connectivity index (χ3n) is 1.41. The van der Waals surface area contributed by atoms with Gasteiger partial charge < -0.3 is 9.47 Å². The van der Waals surface area contributed by atoms with Crippen LogP contribution in [-0.2, 0) is 9.47 Å². The molecule has 1 atom stereocenters. The lowest BCUT2D eigenvalue weighted by molar-refractivity contribution is 0.0454. The van der Waals surface area contributed by atoms with Gasteiger partial charge in [0, 0.05) is 0 Å². The lowest BCUT2D eigenvalue weighted by Gasteiger charge is -2.07. The maximum atomic E-state index is 10.8. The quantitative estimate of drug-likeness (QED) is 0.503. The number of allylic oxidation sites excluding steroid dienone is 3. The van der Waals surface area contributed by atoms with E-state index in [0.29, 0.717) is 6.61 Å². The van der Waals surface area contributed by atoms with Crippen LogP contribution in [0.15, 0.2) is 24.3 Å². The van der Waals surface area contributed by atoms with E-state index in [9.17, 15) is 4.79 Å². The van der Waals surface area contributed by atoms with Gasteiger partial charge in [-0.25, -0.2) is 4.79 Å². The minimum Gasteiger partial charge on any atom is -0.435 e. The molecule has 0 unspecified atom stereocenters. The van der Waals surface area contributed by atoms with Gasteiger partial charge in [0.25, 0.3) is 0 Å². The molecule has 0 radical (unpaired) electrons. The molecule has 14 heavy (non-hydrogen) atoms. The first-order valence-electron chi connectivity index (χ1n) is 4.87. The van der Waals surface area contributed by atoms with Gasteiger partial charge in [0.2, 0.25) is 0 Å². The molecule has 0 rings (SSSR count). The first-order valence-corrected chi connectivity index (χ1v) is 4.87. The Bertz CT molecular complexity index is 207. The summed E-state index contributed by atoms with van der Waals surface area (Å²) in [6.45, 7) is 5.92. The summed E-state index contributed by atoms with van der Waals surface area (Å²) in [6.07, 6.45) is 7.71. The van der Waals surface area contributed by atoms with Crippen molar-refractivity contribution in [3.05, 3.63) is 24.3 Å². The van der Waals surface area contributed by atoms with Crippen molar-refractivity contribution in [2.24, 2.45) is 0 Å². The number of rotatable bonds is 5. The Hall–Kier alpha value is -1.25. The first kappa shape index (κ1) is 12.8. The second-order valence-electron chi connectivity index (χ2n) is 2.73. The molecule has 3 nitrogen and oxygen atoms in total. The standard InChI is InChI=1S/C11H18O3/c1-4-6-7-8-9-10(3)14-11(12)13-5-2/h6-10H,4-5H2,1-3H3/b7-6+,9-8+/t10-/m0/s1. The summed E-state index contributed by atoms with van der Waals surface area (Å²) in [5, 5.41) is 0. The molecule has 0 N–H and O–H groups in total. The van der Waals surface area contributed by atoms with E-state index in [-0.39, 0.29) is 6.10 Å². The van der Waals surface area contributed by atoms with Crippen molar-refractivity contribution in [1.82, 2.24) is 0 Å². The lowest BCUT2D eigenvalue weighted by Crippen LogP contribution is -2.13. The van der Waals surface area contributed by atoms with Crippen molar-refractivity contribution in [2.45, 2.75) is 33.3 Å². The van der Waals surface area contributed by atoms with Gasteiger partial charge in [0.1, 0.15) is 6.10 Å². The van der Waals surface area contributed by atoms with Gasteiger partial charge in [-0.05, 0) is 26.3 Å². The Morgan fingerprint density at radius 1 is 1.36 bits per heavy atom. The summed E-state index contributed by atoms with van der Waals surface area (Å²) < 4.78 is 9.52. The highest BCUT2D eigenvalue weighted by molar-refractivity contribution is 5.60. The van der Waals surface area contributed by atoms with Crippen molar-refractivity contribution < 1.29 is 14.3 Å². The van der Waals surface area contributed by atoms with Crippen molar-refractivity contribution >= 4 is 6.16 Å². The molecule has 0 aromatic rings. The van der Waals surface area contributed by atoms with Crippen LogP contribution >= 0.6 is 0 Å². The van der Waals surface area contributed by atoms with Crippen molar-refractivity contribution in [2.75, 3.05) is 6.61 Å². The van der Waals surface area contributed by atoms with E-state index in [1.807, 2.05) is 18.2 Å². The van der Waals surface area contributed by atoms with Crippen molar-refractivity contribution in [3.8, 4) is 0 Å². The molecule has 0 aromatic carbocycles. The second kappa shape index (κ2) is 8.35. The average Bonchev–Trinajstić information content (AvgIpc) is 2.13. The predicted octanol–water partition coefficient (Wildman–Crippen LogP) is 3.07. The van der Waals surface area contributed by atoms with E-state index in [2.05, 4.69) is 11.7 Å². The minimum atomic E-state index is -0.621. The van der Waals surface area contributed by atoms with Crippen LogP contribution in [0.4, 0.5) is 4.79 Å². The fourth-order valence-corrected chi connectivity index (χ4v) is 0.778. The van der Waals surface area contributed by atoms with Crippen LogP contribution in [0, 0.1) is 0 Å². The molecule has 3 heteroatoms. The summed E-state index contributed by atoms with van der Waals surface area (Å²) in [7, 11) is 0. The molecule has 0 saturated heterocycles. The Labute approximate surface area is 85.4 Å². The zero-order valence-corrected chi connectivity index (χ0v) is 9.03. The third-order valence-corrected chi connectivity index (χ3v) is 1.41. The molecular formula is C11H18O3. The van der Waals surface area contributed by atoms with Crippen LogP contribution in [0.3, 0.4) is 0 Å². The first-order chi connectivity index (χ1) is 6.70. The number of carbonyl (C=O) groups is 1. The largest absolute Gasteiger partial charge is 0.508 e. The van der Waals surface area contributed by atoms with Crippen LogP contribution in [0.25, 0.3) is 0 Å². The molecule has 0 spiro atoms. The van der Waals surface area contributed by atoms with Gasteiger partial charge in [-0.3, -0.25) is 0 Å². The molecule has 0 aliphatic heterocycles. The van der Waals surface area contributed by atoms with Crippen LogP contribution < -0.4 is 0 Å². The fourth-order valence-electron chi connectivity index (χ4n) is 0.778. The van der Waals surface area contributed by atoms with Gasteiger partial charge in [0.05, 0.1) is 6.61 Å². The van der Waals surface area contributed by atoms with Gasteiger partial charge in [-0.15, -0.1) is 0 Å². The molecule has 0 bridgehead atoms. The molecule has 0 aromatic heterocycles. The van der Waals surface area contributed by atoms with E-state index < -0.39 is 6.16 Å². The van der Waals surface area contributed by atoms with Crippen LogP contribution in [0.1, 0.15) is 27.2 Å². The van der Waals surface area contributed by atoms with E-state index in [0.717, 1.165) is 6.42 Å². The average molecular weight is 198 g/mol. The maximum absolute atomic E-state index is 10.8.